The van der Waals surface area contributed by atoms with E-state index in [4.69, 9.17) is 5.73 Å². The Bertz CT molecular complexity index is 514. The van der Waals surface area contributed by atoms with Crippen LogP contribution in [0.25, 0.3) is 0 Å². The van der Waals surface area contributed by atoms with Gasteiger partial charge in [0.2, 0.25) is 5.91 Å². The SMILES string of the molecule is Cn1ccc(CNC(=O)Cn2ccc(N)n2)n1. The highest BCUT2D eigenvalue weighted by Gasteiger charge is 2.04. The average molecular weight is 234 g/mol. The molecule has 0 aromatic carbocycles. The number of nitrogens with zero attached hydrogens (tertiary/aromatic N) is 4. The Hall–Kier alpha value is -2.31. The molecule has 2 aromatic heterocycles. The molecule has 0 unspecified atom stereocenters. The first-order valence-electron chi connectivity index (χ1n) is 5.17. The summed E-state index contributed by atoms with van der Waals surface area (Å²) in [6, 6.07) is 3.50. The molecular weight excluding hydrogens is 220 g/mol. The molecule has 0 atom stereocenters. The molecule has 90 valence electrons. The van der Waals surface area contributed by atoms with Gasteiger partial charge in [-0.05, 0) is 12.1 Å². The quantitative estimate of drug-likeness (QED) is 0.747. The summed E-state index contributed by atoms with van der Waals surface area (Å²) in [4.78, 5) is 11.6. The number of nitrogens with one attached hydrogen (secondary N) is 1. The molecule has 0 fully saturated rings. The summed E-state index contributed by atoms with van der Waals surface area (Å²) in [5.74, 6) is 0.279. The average Bonchev–Trinajstić information content (AvgIpc) is 2.85. The largest absolute Gasteiger partial charge is 0.382 e. The van der Waals surface area contributed by atoms with Crippen molar-refractivity contribution in [3.63, 3.8) is 0 Å². The zero-order valence-electron chi connectivity index (χ0n) is 9.50. The highest BCUT2D eigenvalue weighted by molar-refractivity contribution is 5.75. The number of aromatic nitrogens is 4. The van der Waals surface area contributed by atoms with Gasteiger partial charge in [0.1, 0.15) is 12.4 Å². The molecule has 1 amide bonds. The lowest BCUT2D eigenvalue weighted by atomic mass is 10.4. The number of carbonyl (C=O) groups is 1. The normalized spacial score (nSPS) is 10.4. The molecule has 7 heteroatoms. The van der Waals surface area contributed by atoms with Crippen LogP contribution in [0, 0.1) is 0 Å². The minimum atomic E-state index is -0.126. The summed E-state index contributed by atoms with van der Waals surface area (Å²) in [5.41, 5.74) is 6.27. The summed E-state index contributed by atoms with van der Waals surface area (Å²) in [7, 11) is 1.83. The van der Waals surface area contributed by atoms with E-state index in [1.165, 1.54) is 4.68 Å². The van der Waals surface area contributed by atoms with Crippen molar-refractivity contribution in [3.8, 4) is 0 Å². The lowest BCUT2D eigenvalue weighted by Gasteiger charge is -2.03. The van der Waals surface area contributed by atoms with Gasteiger partial charge in [-0.1, -0.05) is 0 Å². The molecule has 2 aromatic rings. The van der Waals surface area contributed by atoms with Crippen molar-refractivity contribution in [1.82, 2.24) is 24.9 Å². The summed E-state index contributed by atoms with van der Waals surface area (Å²) >= 11 is 0. The number of nitrogen functional groups attached to an aromatic ring is 1. The first-order valence-corrected chi connectivity index (χ1v) is 5.17. The van der Waals surface area contributed by atoms with Crippen molar-refractivity contribution >= 4 is 11.7 Å². The summed E-state index contributed by atoms with van der Waals surface area (Å²) in [6.07, 6.45) is 3.49. The van der Waals surface area contributed by atoms with E-state index in [0.29, 0.717) is 12.4 Å². The lowest BCUT2D eigenvalue weighted by Crippen LogP contribution is -2.27. The highest BCUT2D eigenvalue weighted by Crippen LogP contribution is 1.96. The first kappa shape index (κ1) is 11.2. The lowest BCUT2D eigenvalue weighted by molar-refractivity contribution is -0.122. The van der Waals surface area contributed by atoms with Gasteiger partial charge in [0, 0.05) is 19.4 Å². The van der Waals surface area contributed by atoms with E-state index in [1.807, 2.05) is 19.3 Å². The smallest absolute Gasteiger partial charge is 0.242 e. The molecule has 0 saturated heterocycles. The van der Waals surface area contributed by atoms with Crippen LogP contribution in [0.3, 0.4) is 0 Å². The zero-order chi connectivity index (χ0) is 12.3. The Kier molecular flexibility index (Phi) is 3.08. The molecule has 0 aliphatic rings. The van der Waals surface area contributed by atoms with Gasteiger partial charge in [0.05, 0.1) is 12.2 Å². The number of hydrogen-bond donors (Lipinski definition) is 2. The van der Waals surface area contributed by atoms with Gasteiger partial charge in [0.25, 0.3) is 0 Å². The number of anilines is 1. The molecule has 7 nitrogen and oxygen atoms in total. The zero-order valence-corrected chi connectivity index (χ0v) is 9.50. The predicted molar refractivity (Wildman–Crippen MR) is 61.7 cm³/mol. The van der Waals surface area contributed by atoms with Gasteiger partial charge in [-0.25, -0.2) is 0 Å². The molecule has 0 saturated carbocycles. The predicted octanol–water partition coefficient (Wildman–Crippen LogP) is -0.485. The molecule has 3 N–H and O–H groups in total. The topological polar surface area (TPSA) is 90.8 Å². The van der Waals surface area contributed by atoms with Gasteiger partial charge >= 0.3 is 0 Å². The van der Waals surface area contributed by atoms with Crippen LogP contribution in [-0.4, -0.2) is 25.5 Å². The van der Waals surface area contributed by atoms with Crippen LogP contribution in [0.1, 0.15) is 5.69 Å². The number of aryl methyl sites for hydroxylation is 1. The standard InChI is InChI=1S/C10H14N6O/c1-15-4-2-8(13-15)6-12-10(17)7-16-5-3-9(11)14-16/h2-5H,6-7H2,1H3,(H2,11,14)(H,12,17). The van der Waals surface area contributed by atoms with Crippen LogP contribution in [-0.2, 0) is 24.9 Å². The number of hydrogen-bond acceptors (Lipinski definition) is 4. The Labute approximate surface area is 98.2 Å². The van der Waals surface area contributed by atoms with Gasteiger partial charge in [-0.3, -0.25) is 14.2 Å². The van der Waals surface area contributed by atoms with Gasteiger partial charge in [-0.2, -0.15) is 10.2 Å². The molecule has 17 heavy (non-hydrogen) atoms. The van der Waals surface area contributed by atoms with Crippen molar-refractivity contribution in [2.75, 3.05) is 5.73 Å². The van der Waals surface area contributed by atoms with E-state index in [9.17, 15) is 4.79 Å². The van der Waals surface area contributed by atoms with Crippen molar-refractivity contribution in [2.24, 2.45) is 7.05 Å². The van der Waals surface area contributed by atoms with Crippen molar-refractivity contribution < 1.29 is 4.79 Å². The van der Waals surface area contributed by atoms with E-state index >= 15 is 0 Å². The van der Waals surface area contributed by atoms with Crippen LogP contribution in [0.4, 0.5) is 5.82 Å². The number of amides is 1. The third-order valence-corrected chi connectivity index (χ3v) is 2.20. The Balaban J connectivity index is 1.82. The van der Waals surface area contributed by atoms with E-state index in [0.717, 1.165) is 5.69 Å². The maximum absolute atomic E-state index is 11.6. The maximum Gasteiger partial charge on any atom is 0.242 e. The van der Waals surface area contributed by atoms with E-state index in [2.05, 4.69) is 15.5 Å². The summed E-state index contributed by atoms with van der Waals surface area (Å²) in [5, 5.41) is 10.8. The molecule has 0 aliphatic carbocycles. The second kappa shape index (κ2) is 4.69. The molecule has 2 heterocycles. The second-order valence-electron chi connectivity index (χ2n) is 3.70. The fourth-order valence-corrected chi connectivity index (χ4v) is 1.42. The minimum Gasteiger partial charge on any atom is -0.382 e. The van der Waals surface area contributed by atoms with Crippen molar-refractivity contribution in [1.29, 1.82) is 0 Å². The van der Waals surface area contributed by atoms with Crippen LogP contribution < -0.4 is 11.1 Å². The molecule has 0 bridgehead atoms. The van der Waals surface area contributed by atoms with Crippen molar-refractivity contribution in [3.05, 3.63) is 30.2 Å². The first-order chi connectivity index (χ1) is 8.13. The van der Waals surface area contributed by atoms with Crippen molar-refractivity contribution in [2.45, 2.75) is 13.1 Å². The Morgan fingerprint density at radius 1 is 1.41 bits per heavy atom. The molecule has 0 spiro atoms. The number of rotatable bonds is 4. The molecule has 0 aliphatic heterocycles. The van der Waals surface area contributed by atoms with Gasteiger partial charge in [0.15, 0.2) is 0 Å². The summed E-state index contributed by atoms with van der Waals surface area (Å²) < 4.78 is 3.18. The van der Waals surface area contributed by atoms with Crippen LogP contribution in [0.5, 0.6) is 0 Å². The Morgan fingerprint density at radius 2 is 2.24 bits per heavy atom. The molecule has 2 rings (SSSR count). The van der Waals surface area contributed by atoms with E-state index in [1.54, 1.807) is 16.9 Å². The monoisotopic (exact) mass is 234 g/mol. The van der Waals surface area contributed by atoms with Crippen LogP contribution in [0.2, 0.25) is 0 Å². The third-order valence-electron chi connectivity index (χ3n) is 2.20. The highest BCUT2D eigenvalue weighted by atomic mass is 16.2. The number of carbonyl (C=O) groups excluding carboxylic acids is 1. The molecule has 0 radical (unpaired) electrons. The van der Waals surface area contributed by atoms with Gasteiger partial charge < -0.3 is 11.1 Å². The summed E-state index contributed by atoms with van der Waals surface area (Å²) in [6.45, 7) is 0.570. The van der Waals surface area contributed by atoms with Crippen LogP contribution >= 0.6 is 0 Å². The number of nitrogens with two attached hydrogens (primary N) is 1. The van der Waals surface area contributed by atoms with E-state index in [-0.39, 0.29) is 12.5 Å². The minimum absolute atomic E-state index is 0.126. The fraction of sp³-hybridized carbons (Fsp3) is 0.300. The van der Waals surface area contributed by atoms with E-state index < -0.39 is 0 Å². The molecular formula is C10H14N6O. The Morgan fingerprint density at radius 3 is 2.82 bits per heavy atom. The van der Waals surface area contributed by atoms with Crippen LogP contribution in [0.15, 0.2) is 24.5 Å². The third kappa shape index (κ3) is 3.07. The second-order valence-corrected chi connectivity index (χ2v) is 3.70. The maximum atomic E-state index is 11.6. The van der Waals surface area contributed by atoms with Gasteiger partial charge in [-0.15, -0.1) is 0 Å². The fourth-order valence-electron chi connectivity index (χ4n) is 1.42.